The van der Waals surface area contributed by atoms with Crippen molar-refractivity contribution in [3.05, 3.63) is 114 Å². The zero-order valence-electron chi connectivity index (χ0n) is 29.8. The Morgan fingerprint density at radius 3 is 2.30 bits per heavy atom. The Bertz CT molecular complexity index is 1780. The second kappa shape index (κ2) is 13.2. The van der Waals surface area contributed by atoms with Gasteiger partial charge in [-0.3, -0.25) is 0 Å². The van der Waals surface area contributed by atoms with Crippen molar-refractivity contribution < 1.29 is 18.4 Å². The molecule has 47 heavy (non-hydrogen) atoms. The molecular weight excluding hydrogens is 575 g/mol. The van der Waals surface area contributed by atoms with E-state index in [9.17, 15) is 0 Å². The monoisotopic (exact) mass is 628 g/mol. The predicted molar refractivity (Wildman–Crippen MR) is 194 cm³/mol. The van der Waals surface area contributed by atoms with E-state index in [1.165, 1.54) is 52.0 Å². The molecule has 3 unspecified atom stereocenters. The number of unbranched alkanes of at least 4 members (excludes halogenated alkanes) is 1. The molecule has 3 atom stereocenters. The normalized spacial score (nSPS) is 23.2. The van der Waals surface area contributed by atoms with Crippen LogP contribution in [-0.2, 0) is 40.2 Å². The summed E-state index contributed by atoms with van der Waals surface area (Å²) >= 11 is 0. The van der Waals surface area contributed by atoms with E-state index in [-0.39, 0.29) is 29.8 Å². The smallest absolute Gasteiger partial charge is 0.402 e. The number of hydrogen-bond acceptors (Lipinski definition) is 2. The zero-order valence-corrected chi connectivity index (χ0v) is 29.8. The molecular formula is C42H53BN2O2+2. The molecule has 244 valence electrons. The summed E-state index contributed by atoms with van der Waals surface area (Å²) in [6, 6.07) is 27.2. The van der Waals surface area contributed by atoms with E-state index in [1.54, 1.807) is 0 Å². The molecule has 0 aliphatic carbocycles. The van der Waals surface area contributed by atoms with Crippen LogP contribution in [-0.4, -0.2) is 18.8 Å². The average molecular weight is 629 g/mol. The van der Waals surface area contributed by atoms with Gasteiger partial charge >= 0.3 is 7.12 Å². The van der Waals surface area contributed by atoms with Crippen LogP contribution in [0.25, 0.3) is 22.5 Å². The van der Waals surface area contributed by atoms with Crippen LogP contribution in [0.15, 0.2) is 97.3 Å². The summed E-state index contributed by atoms with van der Waals surface area (Å²) < 4.78 is 17.4. The number of allylic oxidation sites excluding steroid dienone is 2. The Morgan fingerprint density at radius 2 is 1.62 bits per heavy atom. The molecule has 4 aromatic rings. The quantitative estimate of drug-likeness (QED) is 0.101. The van der Waals surface area contributed by atoms with Gasteiger partial charge in [-0.2, -0.15) is 4.57 Å². The minimum absolute atomic E-state index is 0.0217. The third-order valence-corrected chi connectivity index (χ3v) is 11.5. The first kappa shape index (κ1) is 33.4. The third kappa shape index (κ3) is 5.80. The van der Waals surface area contributed by atoms with Crippen molar-refractivity contribution in [1.82, 2.24) is 0 Å². The van der Waals surface area contributed by atoms with Gasteiger partial charge in [-0.15, -0.1) is 0 Å². The summed E-state index contributed by atoms with van der Waals surface area (Å²) in [7, 11) is 1.75. The number of fused-ring (bicyclic) bond motifs is 3. The van der Waals surface area contributed by atoms with Crippen molar-refractivity contribution in [2.24, 2.45) is 7.05 Å². The predicted octanol–water partition coefficient (Wildman–Crippen LogP) is 7.97. The Hall–Kier alpha value is -3.54. The van der Waals surface area contributed by atoms with Crippen LogP contribution in [0.5, 0.6) is 0 Å². The van der Waals surface area contributed by atoms with Crippen LogP contribution < -0.4 is 14.6 Å². The van der Waals surface area contributed by atoms with Crippen molar-refractivity contribution in [2.75, 3.05) is 0 Å². The first-order valence-corrected chi connectivity index (χ1v) is 17.8. The summed E-state index contributed by atoms with van der Waals surface area (Å²) in [6.07, 6.45) is 15.9. The summed E-state index contributed by atoms with van der Waals surface area (Å²) in [4.78, 5) is 0. The van der Waals surface area contributed by atoms with Crippen molar-refractivity contribution in [1.29, 1.82) is 0 Å². The second-order valence-corrected chi connectivity index (χ2v) is 14.5. The molecule has 2 aromatic heterocycles. The van der Waals surface area contributed by atoms with Crippen LogP contribution >= 0.6 is 0 Å². The molecule has 0 radical (unpaired) electrons. The van der Waals surface area contributed by atoms with Gasteiger partial charge in [0.05, 0.1) is 22.7 Å². The van der Waals surface area contributed by atoms with Crippen molar-refractivity contribution in [2.45, 2.75) is 110 Å². The highest BCUT2D eigenvalue weighted by Gasteiger charge is 2.57. The van der Waals surface area contributed by atoms with Gasteiger partial charge in [0.25, 0.3) is 0 Å². The highest BCUT2D eigenvalue weighted by molar-refractivity contribution is 6.62. The largest absolute Gasteiger partial charge is 0.494 e. The maximum atomic E-state index is 6.37. The molecule has 0 saturated carbocycles. The van der Waals surface area contributed by atoms with Crippen LogP contribution in [0, 0.1) is 0 Å². The van der Waals surface area contributed by atoms with Crippen molar-refractivity contribution in [3.8, 4) is 22.5 Å². The number of aryl methyl sites for hydroxylation is 2. The molecule has 4 heterocycles. The molecule has 2 aliphatic rings. The van der Waals surface area contributed by atoms with Gasteiger partial charge in [0.1, 0.15) is 7.05 Å². The molecule has 1 fully saturated rings. The fourth-order valence-corrected chi connectivity index (χ4v) is 8.01. The fraction of sp³-hybridized carbons (Fsp3) is 0.429. The first-order chi connectivity index (χ1) is 22.6. The molecule has 5 heteroatoms. The maximum Gasteiger partial charge on any atom is 0.494 e. The third-order valence-electron chi connectivity index (χ3n) is 11.5. The van der Waals surface area contributed by atoms with Crippen LogP contribution in [0.4, 0.5) is 0 Å². The van der Waals surface area contributed by atoms with E-state index in [0.717, 1.165) is 31.1 Å². The van der Waals surface area contributed by atoms with E-state index >= 15 is 0 Å². The number of benzene rings is 2. The van der Waals surface area contributed by atoms with Crippen molar-refractivity contribution in [3.63, 3.8) is 0 Å². The topological polar surface area (TPSA) is 26.2 Å². The summed E-state index contributed by atoms with van der Waals surface area (Å²) in [5.74, 6) is 0. The average Bonchev–Trinajstić information content (AvgIpc) is 3.36. The lowest BCUT2D eigenvalue weighted by atomic mass is 9.59. The number of aromatic nitrogens is 2. The molecule has 0 amide bonds. The SMILES string of the molecule is CCCCc1ccc2c(c1)-c1cccc[n+]1C(C=CCc1ccc(B3OC(C)C(C)(C)O3)cc1-c1cccc[n+]1C)(CC)C2(C)CC. The second-order valence-electron chi connectivity index (χ2n) is 14.5. The number of hydrogen-bond donors (Lipinski definition) is 0. The molecule has 2 aliphatic heterocycles. The van der Waals surface area contributed by atoms with Gasteiger partial charge in [0.2, 0.25) is 11.4 Å². The fourth-order valence-electron chi connectivity index (χ4n) is 8.01. The van der Waals surface area contributed by atoms with E-state index < -0.39 is 0 Å². The molecule has 1 saturated heterocycles. The summed E-state index contributed by atoms with van der Waals surface area (Å²) in [5.41, 5.74) is 9.74. The Labute approximate surface area is 283 Å². The first-order valence-electron chi connectivity index (χ1n) is 17.8. The Morgan fingerprint density at radius 1 is 0.851 bits per heavy atom. The molecule has 0 N–H and O–H groups in total. The lowest BCUT2D eigenvalue weighted by Gasteiger charge is -2.46. The highest BCUT2D eigenvalue weighted by Crippen LogP contribution is 2.50. The van der Waals surface area contributed by atoms with Gasteiger partial charge in [-0.25, -0.2) is 4.57 Å². The standard InChI is InChI=1S/C42H53BN2O2/c1-9-12-18-32-22-25-37-36(29-32)39-21-14-16-28-45(39)42(11-3,41(37,7)10-2)26-17-19-33-23-24-34(43-46-31(4)40(5,6)47-43)30-35(33)38-20-13-15-27-44(38)8/h13-17,20-31H,9-12,18-19H2,1-8H3/q+2. The minimum atomic E-state index is -0.372. The molecule has 2 aromatic carbocycles. The molecule has 0 spiro atoms. The Kier molecular flexibility index (Phi) is 9.35. The minimum Gasteiger partial charge on any atom is -0.402 e. The number of pyridine rings is 2. The van der Waals surface area contributed by atoms with Crippen LogP contribution in [0.3, 0.4) is 0 Å². The Balaban J connectivity index is 1.41. The lowest BCUT2D eigenvalue weighted by molar-refractivity contribution is -0.756. The lowest BCUT2D eigenvalue weighted by Crippen LogP contribution is -2.68. The van der Waals surface area contributed by atoms with Gasteiger partial charge in [0.15, 0.2) is 17.9 Å². The van der Waals surface area contributed by atoms with Crippen LogP contribution in [0.2, 0.25) is 0 Å². The molecule has 0 bridgehead atoms. The molecule has 4 nitrogen and oxygen atoms in total. The van der Waals surface area contributed by atoms with Crippen LogP contribution in [0.1, 0.15) is 90.8 Å². The van der Waals surface area contributed by atoms with E-state index in [1.807, 2.05) is 0 Å². The van der Waals surface area contributed by atoms with Gasteiger partial charge in [-0.05, 0) is 106 Å². The van der Waals surface area contributed by atoms with Gasteiger partial charge < -0.3 is 9.31 Å². The number of rotatable bonds is 10. The summed E-state index contributed by atoms with van der Waals surface area (Å²) in [6.45, 7) is 15.8. The summed E-state index contributed by atoms with van der Waals surface area (Å²) in [5, 5.41) is 0. The van der Waals surface area contributed by atoms with E-state index in [0.29, 0.717) is 0 Å². The van der Waals surface area contributed by atoms with E-state index in [2.05, 4.69) is 162 Å². The highest BCUT2D eigenvalue weighted by atomic mass is 16.7. The zero-order chi connectivity index (χ0) is 33.4. The van der Waals surface area contributed by atoms with Crippen molar-refractivity contribution >= 4 is 12.6 Å². The molecule has 6 rings (SSSR count). The number of nitrogens with zero attached hydrogens (tertiary/aromatic N) is 2. The van der Waals surface area contributed by atoms with Gasteiger partial charge in [0, 0.05) is 36.2 Å². The van der Waals surface area contributed by atoms with E-state index in [4.69, 9.17) is 9.31 Å². The van der Waals surface area contributed by atoms with Gasteiger partial charge in [-0.1, -0.05) is 57.5 Å². The maximum absolute atomic E-state index is 6.37.